The maximum atomic E-state index is 13.4. The van der Waals surface area contributed by atoms with Gasteiger partial charge in [0, 0.05) is 30.8 Å². The lowest BCUT2D eigenvalue weighted by Gasteiger charge is -2.32. The van der Waals surface area contributed by atoms with Crippen LogP contribution in [0.25, 0.3) is 0 Å². The molecule has 0 aromatic heterocycles. The van der Waals surface area contributed by atoms with Crippen LogP contribution in [0.1, 0.15) is 42.9 Å². The van der Waals surface area contributed by atoms with E-state index in [2.05, 4.69) is 10.6 Å². The zero-order chi connectivity index (χ0) is 24.6. The molecule has 2 N–H and O–H groups in total. The van der Waals surface area contributed by atoms with Gasteiger partial charge in [0.25, 0.3) is 5.91 Å². The lowest BCUT2D eigenvalue weighted by Crippen LogP contribution is -2.41. The number of fused-ring (bicyclic) bond motifs is 1. The molecule has 1 fully saturated rings. The van der Waals surface area contributed by atoms with Gasteiger partial charge in [0.05, 0.1) is 10.6 Å². The number of amides is 2. The number of hydrogen-bond donors (Lipinski definition) is 2. The van der Waals surface area contributed by atoms with Crippen molar-refractivity contribution in [2.24, 2.45) is 5.92 Å². The lowest BCUT2D eigenvalue weighted by atomic mass is 9.97. The van der Waals surface area contributed by atoms with E-state index in [9.17, 15) is 18.0 Å². The number of rotatable bonds is 5. The van der Waals surface area contributed by atoms with Gasteiger partial charge in [-0.25, -0.2) is 8.42 Å². The first-order valence-electron chi connectivity index (χ1n) is 11.6. The third kappa shape index (κ3) is 4.67. The van der Waals surface area contributed by atoms with Crippen molar-refractivity contribution in [3.8, 4) is 5.75 Å². The number of aryl methyl sites for hydroxylation is 3. The highest BCUT2D eigenvalue weighted by molar-refractivity contribution is 7.89. The van der Waals surface area contributed by atoms with Crippen LogP contribution in [0, 0.1) is 26.7 Å². The molecule has 2 aromatic carbocycles. The highest BCUT2D eigenvalue weighted by Gasteiger charge is 2.35. The summed E-state index contributed by atoms with van der Waals surface area (Å²) in [6.07, 6.45) is 0.741. The first-order chi connectivity index (χ1) is 16.1. The second kappa shape index (κ2) is 9.38. The minimum absolute atomic E-state index is 0.0799. The van der Waals surface area contributed by atoms with E-state index in [-0.39, 0.29) is 35.7 Å². The Morgan fingerprint density at radius 1 is 1.12 bits per heavy atom. The van der Waals surface area contributed by atoms with Gasteiger partial charge in [-0.05, 0) is 63.3 Å². The number of benzene rings is 2. The molecule has 0 aliphatic carbocycles. The standard InChI is InChI=1S/C25H31N3O5S/c1-5-21-25(30)27-20-13-17(4)23(14-22(20)33-21)34(31,32)28-10-8-18(9-11-28)24(29)26-19-7-6-15(2)12-16(19)3/h6-7,12-14,18,21H,5,8-11H2,1-4H3,(H,26,29)(H,27,30)/t21-/m1/s1. The molecule has 0 unspecified atom stereocenters. The van der Waals surface area contributed by atoms with Crippen molar-refractivity contribution in [2.45, 2.75) is 58.0 Å². The highest BCUT2D eigenvalue weighted by atomic mass is 32.2. The Hall–Kier alpha value is -2.91. The molecule has 8 nitrogen and oxygen atoms in total. The first-order valence-corrected chi connectivity index (χ1v) is 13.0. The molecule has 1 atom stereocenters. The number of piperidine rings is 1. The molecular weight excluding hydrogens is 454 g/mol. The third-order valence-electron chi connectivity index (χ3n) is 6.55. The van der Waals surface area contributed by atoms with Crippen molar-refractivity contribution >= 4 is 33.2 Å². The van der Waals surface area contributed by atoms with Crippen LogP contribution in [-0.4, -0.2) is 43.7 Å². The Balaban J connectivity index is 1.46. The molecule has 2 aliphatic rings. The molecule has 2 aliphatic heterocycles. The summed E-state index contributed by atoms with van der Waals surface area (Å²) in [7, 11) is -3.77. The van der Waals surface area contributed by atoms with Crippen molar-refractivity contribution in [3.05, 3.63) is 47.0 Å². The Morgan fingerprint density at radius 3 is 2.47 bits per heavy atom. The van der Waals surface area contributed by atoms with E-state index in [1.165, 1.54) is 10.4 Å². The number of carbonyl (C=O) groups excluding carboxylic acids is 2. The first kappa shape index (κ1) is 24.2. The van der Waals surface area contributed by atoms with Crippen LogP contribution in [0.4, 0.5) is 11.4 Å². The zero-order valence-electron chi connectivity index (χ0n) is 20.0. The topological polar surface area (TPSA) is 105 Å². The summed E-state index contributed by atoms with van der Waals surface area (Å²) in [5.41, 5.74) is 3.93. The summed E-state index contributed by atoms with van der Waals surface area (Å²) in [6.45, 7) is 8.02. The Bertz CT molecular complexity index is 1230. The molecule has 0 spiro atoms. The molecule has 34 heavy (non-hydrogen) atoms. The quantitative estimate of drug-likeness (QED) is 0.671. The maximum absolute atomic E-state index is 13.4. The van der Waals surface area contributed by atoms with E-state index in [0.717, 1.165) is 16.8 Å². The van der Waals surface area contributed by atoms with Gasteiger partial charge < -0.3 is 15.4 Å². The lowest BCUT2D eigenvalue weighted by molar-refractivity contribution is -0.123. The second-order valence-corrected chi connectivity index (χ2v) is 11.0. The van der Waals surface area contributed by atoms with Gasteiger partial charge in [0.1, 0.15) is 5.75 Å². The minimum atomic E-state index is -3.77. The van der Waals surface area contributed by atoms with Crippen molar-refractivity contribution in [1.29, 1.82) is 0 Å². The van der Waals surface area contributed by atoms with E-state index in [1.807, 2.05) is 39.0 Å². The summed E-state index contributed by atoms with van der Waals surface area (Å²) in [6, 6.07) is 9.01. The van der Waals surface area contributed by atoms with Crippen LogP contribution >= 0.6 is 0 Å². The number of nitrogens with one attached hydrogen (secondary N) is 2. The Labute approximate surface area is 200 Å². The normalized spacial score (nSPS) is 19.2. The fourth-order valence-electron chi connectivity index (χ4n) is 4.52. The van der Waals surface area contributed by atoms with Crippen LogP contribution in [0.2, 0.25) is 0 Å². The average molecular weight is 486 g/mol. The molecule has 2 amide bonds. The summed E-state index contributed by atoms with van der Waals surface area (Å²) in [5.74, 6) is -0.200. The van der Waals surface area contributed by atoms with Gasteiger partial charge in [-0.15, -0.1) is 0 Å². The van der Waals surface area contributed by atoms with Crippen LogP contribution in [-0.2, 0) is 19.6 Å². The average Bonchev–Trinajstić information content (AvgIpc) is 2.80. The molecule has 9 heteroatoms. The summed E-state index contributed by atoms with van der Waals surface area (Å²) < 4.78 is 34.0. The smallest absolute Gasteiger partial charge is 0.265 e. The van der Waals surface area contributed by atoms with Gasteiger partial charge in [0.15, 0.2) is 6.10 Å². The summed E-state index contributed by atoms with van der Waals surface area (Å²) in [4.78, 5) is 25.0. The maximum Gasteiger partial charge on any atom is 0.265 e. The molecule has 0 saturated carbocycles. The second-order valence-electron chi connectivity index (χ2n) is 9.10. The summed E-state index contributed by atoms with van der Waals surface area (Å²) in [5, 5.41) is 5.78. The number of hydrogen-bond acceptors (Lipinski definition) is 5. The van der Waals surface area contributed by atoms with Crippen LogP contribution in [0.15, 0.2) is 35.2 Å². The SMILES string of the molecule is CC[C@H]1Oc2cc(S(=O)(=O)N3CCC(C(=O)Nc4ccc(C)cc4C)CC3)c(C)cc2NC1=O. The van der Waals surface area contributed by atoms with Crippen molar-refractivity contribution < 1.29 is 22.7 Å². The van der Waals surface area contributed by atoms with Crippen LogP contribution < -0.4 is 15.4 Å². The molecule has 182 valence electrons. The fourth-order valence-corrected chi connectivity index (χ4v) is 6.21. The van der Waals surface area contributed by atoms with E-state index in [0.29, 0.717) is 36.3 Å². The summed E-state index contributed by atoms with van der Waals surface area (Å²) >= 11 is 0. The minimum Gasteiger partial charge on any atom is -0.478 e. The van der Waals surface area contributed by atoms with Crippen molar-refractivity contribution in [2.75, 3.05) is 23.7 Å². The van der Waals surface area contributed by atoms with Crippen molar-refractivity contribution in [3.63, 3.8) is 0 Å². The van der Waals surface area contributed by atoms with Gasteiger partial charge in [-0.1, -0.05) is 24.6 Å². The highest BCUT2D eigenvalue weighted by Crippen LogP contribution is 2.36. The number of sulfonamides is 1. The number of anilines is 2. The molecule has 2 heterocycles. The molecular formula is C25H31N3O5S. The van der Waals surface area contributed by atoms with Gasteiger partial charge in [-0.2, -0.15) is 4.31 Å². The largest absolute Gasteiger partial charge is 0.478 e. The Morgan fingerprint density at radius 2 is 1.82 bits per heavy atom. The molecule has 1 saturated heterocycles. The van der Waals surface area contributed by atoms with Gasteiger partial charge >= 0.3 is 0 Å². The van der Waals surface area contributed by atoms with Crippen LogP contribution in [0.3, 0.4) is 0 Å². The van der Waals surface area contributed by atoms with E-state index in [4.69, 9.17) is 4.74 Å². The van der Waals surface area contributed by atoms with E-state index >= 15 is 0 Å². The van der Waals surface area contributed by atoms with Gasteiger partial charge in [-0.3, -0.25) is 9.59 Å². The predicted molar refractivity (Wildman–Crippen MR) is 131 cm³/mol. The third-order valence-corrected chi connectivity index (χ3v) is 8.59. The van der Waals surface area contributed by atoms with E-state index < -0.39 is 16.1 Å². The number of nitrogens with zero attached hydrogens (tertiary/aromatic N) is 1. The van der Waals surface area contributed by atoms with Crippen molar-refractivity contribution in [1.82, 2.24) is 4.31 Å². The van der Waals surface area contributed by atoms with Gasteiger partial charge in [0.2, 0.25) is 15.9 Å². The molecule has 0 bridgehead atoms. The zero-order valence-corrected chi connectivity index (χ0v) is 20.8. The predicted octanol–water partition coefficient (Wildman–Crippen LogP) is 3.76. The Kier molecular flexibility index (Phi) is 6.69. The molecule has 4 rings (SSSR count). The molecule has 2 aromatic rings. The van der Waals surface area contributed by atoms with Crippen LogP contribution in [0.5, 0.6) is 5.75 Å². The number of carbonyl (C=O) groups is 2. The fraction of sp³-hybridized carbons (Fsp3) is 0.440. The monoisotopic (exact) mass is 485 g/mol. The van der Waals surface area contributed by atoms with E-state index in [1.54, 1.807) is 13.0 Å². The number of ether oxygens (including phenoxy) is 1. The molecule has 0 radical (unpaired) electrons.